The summed E-state index contributed by atoms with van der Waals surface area (Å²) in [4.78, 5) is 13.0. The molecule has 0 spiro atoms. The Morgan fingerprint density at radius 3 is 2.37 bits per heavy atom. The monoisotopic (exact) mass is 492 g/mol. The van der Waals surface area contributed by atoms with Gasteiger partial charge in [-0.15, -0.1) is 0 Å². The van der Waals surface area contributed by atoms with Crippen LogP contribution >= 0.6 is 0 Å². The van der Waals surface area contributed by atoms with Gasteiger partial charge in [0.15, 0.2) is 0 Å². The third-order valence-corrected chi connectivity index (χ3v) is 7.01. The number of hydrogen-bond acceptors (Lipinski definition) is 6. The lowest BCUT2D eigenvalue weighted by Gasteiger charge is -2.09. The summed E-state index contributed by atoms with van der Waals surface area (Å²) in [5, 5.41) is 3.95. The van der Waals surface area contributed by atoms with Crippen molar-refractivity contribution in [2.45, 2.75) is 31.8 Å². The molecule has 0 saturated heterocycles. The lowest BCUT2D eigenvalue weighted by molar-refractivity contribution is 0.0527. The molecule has 0 aliphatic heterocycles. The largest absolute Gasteiger partial charge is 0.462 e. The topological polar surface area (TPSA) is 86.6 Å². The highest BCUT2D eigenvalue weighted by atomic mass is 32.2. The second-order valence-corrected chi connectivity index (χ2v) is 9.77. The first-order chi connectivity index (χ1) is 16.8. The number of carbonyl (C=O) groups excluding carboxylic acids is 1. The van der Waals surface area contributed by atoms with Gasteiger partial charge in [0.05, 0.1) is 12.2 Å². The summed E-state index contributed by atoms with van der Waals surface area (Å²) in [7, 11) is -2.16. The number of benzene rings is 3. The molecular weight excluding hydrogens is 464 g/mol. The Morgan fingerprint density at radius 1 is 0.971 bits per heavy atom. The Balaban J connectivity index is 1.68. The first kappa shape index (κ1) is 24.5. The number of nitrogens with one attached hydrogen (secondary N) is 1. The molecule has 1 heterocycles. The molecule has 0 atom stereocenters. The average molecular weight is 493 g/mol. The van der Waals surface area contributed by atoms with Crippen LogP contribution < -0.4 is 9.50 Å². The van der Waals surface area contributed by atoms with Crippen LogP contribution in [0.1, 0.15) is 34.1 Å². The number of rotatable bonds is 9. The van der Waals surface area contributed by atoms with E-state index in [9.17, 15) is 13.2 Å². The molecule has 0 unspecified atom stereocenters. The lowest BCUT2D eigenvalue weighted by atomic mass is 10.1. The normalized spacial score (nSPS) is 11.5. The van der Waals surface area contributed by atoms with Gasteiger partial charge >= 0.3 is 16.1 Å². The molecule has 1 aromatic heterocycles. The molecule has 0 fully saturated rings. The van der Waals surface area contributed by atoms with Crippen molar-refractivity contribution in [3.05, 3.63) is 95.2 Å². The minimum Gasteiger partial charge on any atom is -0.462 e. The van der Waals surface area contributed by atoms with Crippen LogP contribution in [-0.4, -0.2) is 25.6 Å². The maximum atomic E-state index is 13.0. The Hall–Kier alpha value is -3.62. The minimum atomic E-state index is -4.03. The number of hydrogen-bond donors (Lipinski definition) is 1. The Kier molecular flexibility index (Phi) is 7.23. The second-order valence-electron chi connectivity index (χ2n) is 8.22. The van der Waals surface area contributed by atoms with Crippen molar-refractivity contribution in [2.24, 2.45) is 7.05 Å². The first-order valence-corrected chi connectivity index (χ1v) is 12.7. The summed E-state index contributed by atoms with van der Waals surface area (Å²) in [6, 6.07) is 21.3. The van der Waals surface area contributed by atoms with E-state index in [1.165, 1.54) is 12.1 Å². The number of nitrogens with zero attached hydrogens (tertiary/aromatic N) is 1. The van der Waals surface area contributed by atoms with Crippen LogP contribution in [0.5, 0.6) is 5.75 Å². The van der Waals surface area contributed by atoms with Crippen LogP contribution in [0.4, 0.5) is 0 Å². The van der Waals surface area contributed by atoms with Crippen LogP contribution in [0, 0.1) is 6.92 Å². The molecule has 0 aliphatic rings. The Labute approximate surface area is 205 Å². The fraction of sp³-hybridized carbons (Fsp3) is 0.222. The number of aryl methyl sites for hydroxylation is 2. The highest BCUT2D eigenvalue weighted by Gasteiger charge is 2.24. The zero-order valence-corrected chi connectivity index (χ0v) is 20.8. The predicted octanol–water partition coefficient (Wildman–Crippen LogP) is 4.72. The number of esters is 1. The summed E-state index contributed by atoms with van der Waals surface area (Å²) >= 11 is 0. The molecule has 0 aliphatic carbocycles. The van der Waals surface area contributed by atoms with Crippen molar-refractivity contribution in [3.63, 3.8) is 0 Å². The van der Waals surface area contributed by atoms with Crippen LogP contribution in [0.2, 0.25) is 0 Å². The molecular formula is C27H28N2O5S. The van der Waals surface area contributed by atoms with Crippen molar-refractivity contribution in [1.82, 2.24) is 9.88 Å². The molecule has 4 rings (SSSR count). The van der Waals surface area contributed by atoms with Gasteiger partial charge in [0, 0.05) is 36.7 Å². The molecule has 1 N–H and O–H groups in total. The van der Waals surface area contributed by atoms with E-state index in [-0.39, 0.29) is 17.3 Å². The maximum absolute atomic E-state index is 13.0. The van der Waals surface area contributed by atoms with Gasteiger partial charge in [0.25, 0.3) is 0 Å². The molecule has 182 valence electrons. The summed E-state index contributed by atoms with van der Waals surface area (Å²) in [6.07, 6.45) is 0. The molecule has 35 heavy (non-hydrogen) atoms. The third kappa shape index (κ3) is 5.39. The van der Waals surface area contributed by atoms with E-state index in [4.69, 9.17) is 8.92 Å². The fourth-order valence-corrected chi connectivity index (χ4v) is 4.89. The van der Waals surface area contributed by atoms with Gasteiger partial charge in [-0.2, -0.15) is 8.42 Å². The van der Waals surface area contributed by atoms with Gasteiger partial charge in [0.1, 0.15) is 10.6 Å². The molecule has 0 amide bonds. The fourth-order valence-electron chi connectivity index (χ4n) is 3.97. The van der Waals surface area contributed by atoms with Gasteiger partial charge in [-0.25, -0.2) is 4.79 Å². The molecule has 0 bridgehead atoms. The SMILES string of the molecule is CCOC(=O)c1c(CNCc2ccccc2)n(C)c2ccc(OS(=O)(=O)c3ccc(C)cc3)cc12. The number of aromatic nitrogens is 1. The van der Waals surface area contributed by atoms with Crippen molar-refractivity contribution in [2.75, 3.05) is 6.61 Å². The zero-order valence-electron chi connectivity index (χ0n) is 19.9. The second kappa shape index (κ2) is 10.3. The van der Waals surface area contributed by atoms with Crippen molar-refractivity contribution in [1.29, 1.82) is 0 Å². The molecule has 3 aromatic carbocycles. The van der Waals surface area contributed by atoms with Gasteiger partial charge in [-0.1, -0.05) is 48.0 Å². The Bertz CT molecular complexity index is 1440. The van der Waals surface area contributed by atoms with E-state index in [0.717, 1.165) is 22.3 Å². The van der Waals surface area contributed by atoms with Gasteiger partial charge in [0.2, 0.25) is 0 Å². The maximum Gasteiger partial charge on any atom is 0.340 e. The van der Waals surface area contributed by atoms with E-state index < -0.39 is 16.1 Å². The summed E-state index contributed by atoms with van der Waals surface area (Å²) in [6.45, 7) is 4.91. The number of carbonyl (C=O) groups is 1. The van der Waals surface area contributed by atoms with Crippen molar-refractivity contribution >= 4 is 27.0 Å². The van der Waals surface area contributed by atoms with Crippen LogP contribution in [-0.2, 0) is 35.0 Å². The average Bonchev–Trinajstić information content (AvgIpc) is 3.11. The van der Waals surface area contributed by atoms with Gasteiger partial charge < -0.3 is 18.8 Å². The summed E-state index contributed by atoms with van der Waals surface area (Å²) in [5.41, 5.74) is 3.98. The summed E-state index contributed by atoms with van der Waals surface area (Å²) < 4.78 is 38.2. The minimum absolute atomic E-state index is 0.0627. The van der Waals surface area contributed by atoms with Crippen LogP contribution in [0.3, 0.4) is 0 Å². The molecule has 4 aromatic rings. The van der Waals surface area contributed by atoms with Crippen LogP contribution in [0.25, 0.3) is 10.9 Å². The van der Waals surface area contributed by atoms with E-state index in [1.54, 1.807) is 37.3 Å². The molecule has 7 nitrogen and oxygen atoms in total. The highest BCUT2D eigenvalue weighted by Crippen LogP contribution is 2.31. The number of fused-ring (bicyclic) bond motifs is 1. The van der Waals surface area contributed by atoms with Crippen LogP contribution in [0.15, 0.2) is 77.7 Å². The standard InChI is InChI=1S/C27H28N2O5S/c1-4-33-27(30)26-23-16-21(34-35(31,32)22-13-10-19(2)11-14-22)12-15-24(23)29(3)25(26)18-28-17-20-8-6-5-7-9-20/h5-16,28H,4,17-18H2,1-3H3. The molecule has 8 heteroatoms. The highest BCUT2D eigenvalue weighted by molar-refractivity contribution is 7.87. The van der Waals surface area contributed by atoms with E-state index in [0.29, 0.717) is 24.0 Å². The molecule has 0 saturated carbocycles. The zero-order chi connectivity index (χ0) is 25.0. The van der Waals surface area contributed by atoms with Crippen molar-refractivity contribution < 1.29 is 22.1 Å². The van der Waals surface area contributed by atoms with E-state index in [2.05, 4.69) is 5.32 Å². The van der Waals surface area contributed by atoms with Gasteiger partial charge in [-0.05, 0) is 49.7 Å². The first-order valence-electron chi connectivity index (χ1n) is 11.3. The smallest absolute Gasteiger partial charge is 0.340 e. The lowest BCUT2D eigenvalue weighted by Crippen LogP contribution is -2.18. The van der Waals surface area contributed by atoms with E-state index >= 15 is 0 Å². The molecule has 0 radical (unpaired) electrons. The van der Waals surface area contributed by atoms with Gasteiger partial charge in [-0.3, -0.25) is 0 Å². The van der Waals surface area contributed by atoms with Crippen molar-refractivity contribution in [3.8, 4) is 5.75 Å². The van der Waals surface area contributed by atoms with E-state index in [1.807, 2.05) is 48.9 Å². The number of ether oxygens (including phenoxy) is 1. The summed E-state index contributed by atoms with van der Waals surface area (Å²) in [5.74, 6) is -0.342. The quantitative estimate of drug-likeness (QED) is 0.269. The predicted molar refractivity (Wildman–Crippen MR) is 135 cm³/mol. The third-order valence-electron chi connectivity index (χ3n) is 5.75. The Morgan fingerprint density at radius 2 is 1.69 bits per heavy atom.